The Hall–Kier alpha value is -3.34. The molecule has 1 aliphatic rings. The number of hydrogen-bond acceptors (Lipinski definition) is 4. The summed E-state index contributed by atoms with van der Waals surface area (Å²) in [6.07, 6.45) is 3.48. The van der Waals surface area contributed by atoms with Crippen molar-refractivity contribution in [3.8, 4) is 0 Å². The van der Waals surface area contributed by atoms with Gasteiger partial charge in [-0.25, -0.2) is 0 Å². The zero-order chi connectivity index (χ0) is 20.1. The Labute approximate surface area is 172 Å². The fraction of sp³-hybridized carbons (Fsp3) is 0.250. The van der Waals surface area contributed by atoms with Crippen LogP contribution in [0, 0.1) is 0 Å². The molecule has 148 valence electrons. The van der Waals surface area contributed by atoms with Crippen LogP contribution < -0.4 is 15.1 Å². The van der Waals surface area contributed by atoms with Gasteiger partial charge in [0.1, 0.15) is 0 Å². The highest BCUT2D eigenvalue weighted by Gasteiger charge is 2.19. The van der Waals surface area contributed by atoms with Crippen molar-refractivity contribution in [2.45, 2.75) is 13.0 Å². The molecule has 29 heavy (non-hydrogen) atoms. The maximum absolute atomic E-state index is 12.7. The van der Waals surface area contributed by atoms with Crippen LogP contribution in [0.3, 0.4) is 0 Å². The van der Waals surface area contributed by atoms with Crippen molar-refractivity contribution in [3.05, 3.63) is 90.3 Å². The SMILES string of the molecule is CC(NC(=O)c1cncc(N2CCN(c3ccccc3)CC2)c1)c1ccccc1. The maximum Gasteiger partial charge on any atom is 0.253 e. The third kappa shape index (κ3) is 4.57. The van der Waals surface area contributed by atoms with Gasteiger partial charge in [0.25, 0.3) is 5.91 Å². The number of piperazine rings is 1. The van der Waals surface area contributed by atoms with Crippen LogP contribution in [0.2, 0.25) is 0 Å². The van der Waals surface area contributed by atoms with Crippen molar-refractivity contribution in [3.63, 3.8) is 0 Å². The van der Waals surface area contributed by atoms with E-state index >= 15 is 0 Å². The number of benzene rings is 2. The van der Waals surface area contributed by atoms with Crippen LogP contribution in [-0.4, -0.2) is 37.1 Å². The first-order chi connectivity index (χ1) is 14.2. The molecule has 0 radical (unpaired) electrons. The molecule has 1 amide bonds. The number of carbonyl (C=O) groups excluding carboxylic acids is 1. The second kappa shape index (κ2) is 8.78. The Morgan fingerprint density at radius 3 is 2.10 bits per heavy atom. The van der Waals surface area contributed by atoms with Crippen LogP contribution in [0.1, 0.15) is 28.9 Å². The average molecular weight is 386 g/mol. The predicted octanol–water partition coefficient (Wildman–Crippen LogP) is 3.90. The summed E-state index contributed by atoms with van der Waals surface area (Å²) >= 11 is 0. The lowest BCUT2D eigenvalue weighted by Gasteiger charge is -2.37. The van der Waals surface area contributed by atoms with Crippen molar-refractivity contribution >= 4 is 17.3 Å². The van der Waals surface area contributed by atoms with E-state index in [1.807, 2.05) is 55.6 Å². The standard InChI is InChI=1S/C24H26N4O/c1-19(20-8-4-2-5-9-20)26-24(29)21-16-23(18-25-17-21)28-14-12-27(13-15-28)22-10-6-3-7-11-22/h2-11,16-19H,12-15H2,1H3,(H,26,29). The number of carbonyl (C=O) groups is 1. The number of pyridine rings is 1. The van der Waals surface area contributed by atoms with Gasteiger partial charge in [-0.1, -0.05) is 48.5 Å². The number of hydrogen-bond donors (Lipinski definition) is 1. The minimum absolute atomic E-state index is 0.0539. The molecule has 0 aliphatic carbocycles. The molecule has 1 aliphatic heterocycles. The van der Waals surface area contributed by atoms with E-state index in [0.717, 1.165) is 37.4 Å². The number of nitrogens with one attached hydrogen (secondary N) is 1. The van der Waals surface area contributed by atoms with Crippen LogP contribution in [0.5, 0.6) is 0 Å². The molecule has 5 heteroatoms. The van der Waals surface area contributed by atoms with Crippen LogP contribution >= 0.6 is 0 Å². The Balaban J connectivity index is 1.39. The van der Waals surface area contributed by atoms with Gasteiger partial charge < -0.3 is 15.1 Å². The van der Waals surface area contributed by atoms with E-state index in [2.05, 4.69) is 44.4 Å². The Morgan fingerprint density at radius 2 is 1.45 bits per heavy atom. The lowest BCUT2D eigenvalue weighted by molar-refractivity contribution is 0.0939. The summed E-state index contributed by atoms with van der Waals surface area (Å²) in [5.74, 6) is -0.0985. The van der Waals surface area contributed by atoms with Gasteiger partial charge in [-0.05, 0) is 30.7 Å². The van der Waals surface area contributed by atoms with Gasteiger partial charge in [0, 0.05) is 38.1 Å². The summed E-state index contributed by atoms with van der Waals surface area (Å²) in [7, 11) is 0. The van der Waals surface area contributed by atoms with Gasteiger partial charge in [-0.15, -0.1) is 0 Å². The normalized spacial score (nSPS) is 15.1. The molecule has 1 fully saturated rings. The maximum atomic E-state index is 12.7. The molecular formula is C24H26N4O. The Bertz CT molecular complexity index is 937. The van der Waals surface area contributed by atoms with E-state index in [0.29, 0.717) is 5.56 Å². The summed E-state index contributed by atoms with van der Waals surface area (Å²) in [5.41, 5.74) is 3.93. The van der Waals surface area contributed by atoms with Crippen LogP contribution in [0.15, 0.2) is 79.1 Å². The second-order valence-electron chi connectivity index (χ2n) is 7.35. The molecule has 1 saturated heterocycles. The Morgan fingerprint density at radius 1 is 0.862 bits per heavy atom. The minimum atomic E-state index is -0.0985. The highest BCUT2D eigenvalue weighted by Crippen LogP contribution is 2.21. The number of nitrogens with zero attached hydrogens (tertiary/aromatic N) is 3. The number of amides is 1. The molecular weight excluding hydrogens is 360 g/mol. The third-order valence-electron chi connectivity index (χ3n) is 5.40. The zero-order valence-corrected chi connectivity index (χ0v) is 16.7. The summed E-state index contributed by atoms with van der Waals surface area (Å²) in [5, 5.41) is 3.07. The summed E-state index contributed by atoms with van der Waals surface area (Å²) in [6.45, 7) is 5.70. The predicted molar refractivity (Wildman–Crippen MR) is 117 cm³/mol. The van der Waals surface area contributed by atoms with E-state index in [1.54, 1.807) is 6.20 Å². The lowest BCUT2D eigenvalue weighted by atomic mass is 10.1. The molecule has 0 bridgehead atoms. The minimum Gasteiger partial charge on any atom is -0.368 e. The average Bonchev–Trinajstić information content (AvgIpc) is 2.80. The number of rotatable bonds is 5. The summed E-state index contributed by atoms with van der Waals surface area (Å²) in [4.78, 5) is 21.7. The van der Waals surface area contributed by atoms with Crippen LogP contribution in [-0.2, 0) is 0 Å². The first kappa shape index (κ1) is 19.0. The van der Waals surface area contributed by atoms with Crippen LogP contribution in [0.4, 0.5) is 11.4 Å². The van der Waals surface area contributed by atoms with Crippen molar-refractivity contribution in [2.24, 2.45) is 0 Å². The van der Waals surface area contributed by atoms with E-state index in [-0.39, 0.29) is 11.9 Å². The van der Waals surface area contributed by atoms with E-state index in [4.69, 9.17) is 0 Å². The van der Waals surface area contributed by atoms with Gasteiger partial charge in [-0.3, -0.25) is 9.78 Å². The Kier molecular flexibility index (Phi) is 5.75. The number of aromatic nitrogens is 1. The first-order valence-corrected chi connectivity index (χ1v) is 10.1. The van der Waals surface area contributed by atoms with Gasteiger partial charge in [0.05, 0.1) is 23.5 Å². The number of anilines is 2. The summed E-state index contributed by atoms with van der Waals surface area (Å²) in [6, 6.07) is 22.4. The zero-order valence-electron chi connectivity index (χ0n) is 16.7. The summed E-state index contributed by atoms with van der Waals surface area (Å²) < 4.78 is 0. The molecule has 1 aromatic heterocycles. The molecule has 4 rings (SSSR count). The monoisotopic (exact) mass is 386 g/mol. The van der Waals surface area contributed by atoms with Crippen LogP contribution in [0.25, 0.3) is 0 Å². The molecule has 1 N–H and O–H groups in total. The lowest BCUT2D eigenvalue weighted by Crippen LogP contribution is -2.46. The van der Waals surface area contributed by atoms with Crippen molar-refractivity contribution in [1.29, 1.82) is 0 Å². The molecule has 1 unspecified atom stereocenters. The number of para-hydroxylation sites is 1. The smallest absolute Gasteiger partial charge is 0.253 e. The van der Waals surface area contributed by atoms with E-state index in [1.165, 1.54) is 5.69 Å². The topological polar surface area (TPSA) is 48.5 Å². The molecule has 0 saturated carbocycles. The van der Waals surface area contributed by atoms with Gasteiger partial charge in [0.2, 0.25) is 0 Å². The van der Waals surface area contributed by atoms with E-state index < -0.39 is 0 Å². The fourth-order valence-electron chi connectivity index (χ4n) is 3.69. The van der Waals surface area contributed by atoms with E-state index in [9.17, 15) is 4.79 Å². The second-order valence-corrected chi connectivity index (χ2v) is 7.35. The van der Waals surface area contributed by atoms with Crippen molar-refractivity contribution in [2.75, 3.05) is 36.0 Å². The fourth-order valence-corrected chi connectivity index (χ4v) is 3.69. The largest absolute Gasteiger partial charge is 0.368 e. The van der Waals surface area contributed by atoms with Gasteiger partial charge in [0.15, 0.2) is 0 Å². The molecule has 2 heterocycles. The highest BCUT2D eigenvalue weighted by atomic mass is 16.1. The van der Waals surface area contributed by atoms with Crippen molar-refractivity contribution < 1.29 is 4.79 Å². The third-order valence-corrected chi connectivity index (χ3v) is 5.40. The molecule has 5 nitrogen and oxygen atoms in total. The highest BCUT2D eigenvalue weighted by molar-refractivity contribution is 5.95. The van der Waals surface area contributed by atoms with Gasteiger partial charge >= 0.3 is 0 Å². The van der Waals surface area contributed by atoms with Crippen molar-refractivity contribution in [1.82, 2.24) is 10.3 Å². The molecule has 1 atom stereocenters. The first-order valence-electron chi connectivity index (χ1n) is 10.1. The quantitative estimate of drug-likeness (QED) is 0.723. The molecule has 2 aromatic carbocycles. The van der Waals surface area contributed by atoms with Gasteiger partial charge in [-0.2, -0.15) is 0 Å². The molecule has 3 aromatic rings. The molecule has 0 spiro atoms.